The summed E-state index contributed by atoms with van der Waals surface area (Å²) in [5, 5.41) is 0. The lowest BCUT2D eigenvalue weighted by atomic mass is 9.99. The summed E-state index contributed by atoms with van der Waals surface area (Å²) in [6, 6.07) is 0. The molecule has 2 aliphatic rings. The lowest BCUT2D eigenvalue weighted by molar-refractivity contribution is 0.556. The van der Waals surface area contributed by atoms with Gasteiger partial charge in [0.1, 0.15) is 5.82 Å². The molecule has 2 N–H and O–H groups in total. The molecule has 3 nitrogen and oxygen atoms in total. The van der Waals surface area contributed by atoms with Crippen molar-refractivity contribution in [1.29, 1.82) is 0 Å². The Labute approximate surface area is 109 Å². The molecular weight excluding hydrogens is 222 g/mol. The van der Waals surface area contributed by atoms with E-state index in [2.05, 4.69) is 4.98 Å². The van der Waals surface area contributed by atoms with Crippen LogP contribution in [-0.4, -0.2) is 9.97 Å². The normalized spacial score (nSPS) is 21.8. The molecule has 3 heteroatoms. The molecule has 0 aromatic carbocycles. The summed E-state index contributed by atoms with van der Waals surface area (Å²) < 4.78 is 0. The van der Waals surface area contributed by atoms with Crippen LogP contribution in [0.2, 0.25) is 0 Å². The maximum atomic E-state index is 5.79. The molecule has 0 saturated heterocycles. The molecule has 0 radical (unpaired) electrons. The van der Waals surface area contributed by atoms with Crippen molar-refractivity contribution in [2.45, 2.75) is 69.7 Å². The standard InChI is InChI=1S/C15H23N3/c16-9-13-10-17-15(18-14(13)11-7-8-11)12-5-3-1-2-4-6-12/h10-12H,1-9,16H2. The zero-order valence-corrected chi connectivity index (χ0v) is 11.1. The number of rotatable bonds is 3. The first kappa shape index (κ1) is 12.1. The summed E-state index contributed by atoms with van der Waals surface area (Å²) in [6.07, 6.45) is 12.5. The Bertz CT molecular complexity index is 404. The third kappa shape index (κ3) is 2.56. The second-order valence-corrected chi connectivity index (χ2v) is 5.81. The van der Waals surface area contributed by atoms with E-state index in [0.29, 0.717) is 18.4 Å². The van der Waals surface area contributed by atoms with Crippen LogP contribution < -0.4 is 5.73 Å². The second kappa shape index (κ2) is 5.35. The molecule has 2 aliphatic carbocycles. The summed E-state index contributed by atoms with van der Waals surface area (Å²) in [7, 11) is 0. The van der Waals surface area contributed by atoms with Crippen LogP contribution in [0.25, 0.3) is 0 Å². The number of nitrogens with two attached hydrogens (primary N) is 1. The van der Waals surface area contributed by atoms with E-state index in [4.69, 9.17) is 10.7 Å². The van der Waals surface area contributed by atoms with E-state index in [9.17, 15) is 0 Å². The number of hydrogen-bond acceptors (Lipinski definition) is 3. The average Bonchev–Trinajstić information content (AvgIpc) is 3.24. The van der Waals surface area contributed by atoms with Gasteiger partial charge in [0, 0.05) is 30.1 Å². The van der Waals surface area contributed by atoms with Gasteiger partial charge in [-0.25, -0.2) is 9.97 Å². The van der Waals surface area contributed by atoms with Gasteiger partial charge in [-0.3, -0.25) is 0 Å². The third-order valence-corrected chi connectivity index (χ3v) is 4.32. The highest BCUT2D eigenvalue weighted by atomic mass is 14.9. The van der Waals surface area contributed by atoms with Gasteiger partial charge in [0.05, 0.1) is 5.69 Å². The molecular formula is C15H23N3. The molecule has 0 unspecified atom stereocenters. The molecule has 2 saturated carbocycles. The van der Waals surface area contributed by atoms with Crippen LogP contribution >= 0.6 is 0 Å². The van der Waals surface area contributed by atoms with Crippen LogP contribution in [0.5, 0.6) is 0 Å². The maximum absolute atomic E-state index is 5.79. The molecule has 2 fully saturated rings. The first-order valence-electron chi connectivity index (χ1n) is 7.44. The van der Waals surface area contributed by atoms with Crippen molar-refractivity contribution >= 4 is 0 Å². The third-order valence-electron chi connectivity index (χ3n) is 4.32. The number of nitrogens with zero attached hydrogens (tertiary/aromatic N) is 2. The molecule has 0 bridgehead atoms. The average molecular weight is 245 g/mol. The molecule has 1 aromatic rings. The van der Waals surface area contributed by atoms with Crippen LogP contribution in [0.1, 0.15) is 80.3 Å². The summed E-state index contributed by atoms with van der Waals surface area (Å²) >= 11 is 0. The zero-order valence-electron chi connectivity index (χ0n) is 11.1. The minimum atomic E-state index is 0.580. The van der Waals surface area contributed by atoms with Gasteiger partial charge in [-0.05, 0) is 25.7 Å². The van der Waals surface area contributed by atoms with Gasteiger partial charge in [-0.1, -0.05) is 25.7 Å². The quantitative estimate of drug-likeness (QED) is 0.832. The Morgan fingerprint density at radius 3 is 2.33 bits per heavy atom. The van der Waals surface area contributed by atoms with E-state index >= 15 is 0 Å². The summed E-state index contributed by atoms with van der Waals surface area (Å²) in [4.78, 5) is 9.47. The van der Waals surface area contributed by atoms with Gasteiger partial charge in [-0.15, -0.1) is 0 Å². The Morgan fingerprint density at radius 1 is 1.00 bits per heavy atom. The lowest BCUT2D eigenvalue weighted by Crippen LogP contribution is -2.10. The highest BCUT2D eigenvalue weighted by molar-refractivity contribution is 5.25. The van der Waals surface area contributed by atoms with Crippen molar-refractivity contribution in [3.05, 3.63) is 23.3 Å². The molecule has 18 heavy (non-hydrogen) atoms. The molecule has 0 spiro atoms. The predicted molar refractivity (Wildman–Crippen MR) is 72.3 cm³/mol. The van der Waals surface area contributed by atoms with Gasteiger partial charge in [0.25, 0.3) is 0 Å². The van der Waals surface area contributed by atoms with Crippen LogP contribution in [0.15, 0.2) is 6.20 Å². The zero-order chi connectivity index (χ0) is 12.4. The molecule has 1 heterocycles. The molecule has 1 aromatic heterocycles. The number of hydrogen-bond donors (Lipinski definition) is 1. The topological polar surface area (TPSA) is 51.8 Å². The van der Waals surface area contributed by atoms with Crippen molar-refractivity contribution in [2.24, 2.45) is 5.73 Å². The van der Waals surface area contributed by atoms with Crippen molar-refractivity contribution < 1.29 is 0 Å². The second-order valence-electron chi connectivity index (χ2n) is 5.81. The van der Waals surface area contributed by atoms with E-state index in [-0.39, 0.29) is 0 Å². The van der Waals surface area contributed by atoms with E-state index in [1.54, 1.807) is 0 Å². The van der Waals surface area contributed by atoms with Crippen LogP contribution in [-0.2, 0) is 6.54 Å². The Morgan fingerprint density at radius 2 is 1.72 bits per heavy atom. The van der Waals surface area contributed by atoms with E-state index in [0.717, 1.165) is 11.4 Å². The molecule has 0 aliphatic heterocycles. The van der Waals surface area contributed by atoms with Gasteiger partial charge >= 0.3 is 0 Å². The van der Waals surface area contributed by atoms with Crippen LogP contribution in [0.3, 0.4) is 0 Å². The lowest BCUT2D eigenvalue weighted by Gasteiger charge is -2.15. The van der Waals surface area contributed by atoms with E-state index in [1.165, 1.54) is 57.1 Å². The van der Waals surface area contributed by atoms with E-state index in [1.807, 2.05) is 6.20 Å². The summed E-state index contributed by atoms with van der Waals surface area (Å²) in [6.45, 7) is 0.580. The smallest absolute Gasteiger partial charge is 0.131 e. The van der Waals surface area contributed by atoms with Crippen LogP contribution in [0.4, 0.5) is 0 Å². The fourth-order valence-corrected chi connectivity index (χ4v) is 3.04. The van der Waals surface area contributed by atoms with Gasteiger partial charge in [-0.2, -0.15) is 0 Å². The van der Waals surface area contributed by atoms with E-state index < -0.39 is 0 Å². The molecule has 98 valence electrons. The van der Waals surface area contributed by atoms with Crippen molar-refractivity contribution in [2.75, 3.05) is 0 Å². The fraction of sp³-hybridized carbons (Fsp3) is 0.733. The van der Waals surface area contributed by atoms with Gasteiger partial charge < -0.3 is 5.73 Å². The predicted octanol–water partition coefficient (Wildman–Crippen LogP) is 3.25. The van der Waals surface area contributed by atoms with Gasteiger partial charge in [0.2, 0.25) is 0 Å². The van der Waals surface area contributed by atoms with Crippen LogP contribution in [0, 0.1) is 0 Å². The van der Waals surface area contributed by atoms with Crippen molar-refractivity contribution in [1.82, 2.24) is 9.97 Å². The molecule has 3 rings (SSSR count). The first-order chi connectivity index (χ1) is 8.88. The molecule has 0 atom stereocenters. The number of aromatic nitrogens is 2. The first-order valence-corrected chi connectivity index (χ1v) is 7.44. The summed E-state index contributed by atoms with van der Waals surface area (Å²) in [5.41, 5.74) is 8.21. The Kier molecular flexibility index (Phi) is 3.59. The minimum Gasteiger partial charge on any atom is -0.326 e. The monoisotopic (exact) mass is 245 g/mol. The largest absolute Gasteiger partial charge is 0.326 e. The maximum Gasteiger partial charge on any atom is 0.131 e. The van der Waals surface area contributed by atoms with Gasteiger partial charge in [0.15, 0.2) is 0 Å². The summed E-state index contributed by atoms with van der Waals surface area (Å²) in [5.74, 6) is 2.36. The Balaban J connectivity index is 1.84. The molecule has 0 amide bonds. The van der Waals surface area contributed by atoms with Crippen molar-refractivity contribution in [3.63, 3.8) is 0 Å². The minimum absolute atomic E-state index is 0.580. The van der Waals surface area contributed by atoms with Crippen molar-refractivity contribution in [3.8, 4) is 0 Å². The SMILES string of the molecule is NCc1cnc(C2CCCCCC2)nc1C1CC1. The fourth-order valence-electron chi connectivity index (χ4n) is 3.04. The Hall–Kier alpha value is -0.960. The highest BCUT2D eigenvalue weighted by Crippen LogP contribution is 2.41. The highest BCUT2D eigenvalue weighted by Gasteiger charge is 2.29.